The molecule has 13 nitrogen and oxygen atoms in total. The van der Waals surface area contributed by atoms with Gasteiger partial charge in [-0.15, -0.1) is 0 Å². The summed E-state index contributed by atoms with van der Waals surface area (Å²) in [6.07, 6.45) is 5.94. The Labute approximate surface area is 271 Å². The Morgan fingerprint density at radius 1 is 0.739 bits per heavy atom. The van der Waals surface area contributed by atoms with E-state index in [2.05, 4.69) is 31.2 Å². The summed E-state index contributed by atoms with van der Waals surface area (Å²) in [5.41, 5.74) is 0.554. The number of alkyl carbamates (subject to hydrolysis) is 1. The number of methoxy groups -OCH3 is 1. The van der Waals surface area contributed by atoms with E-state index in [0.717, 1.165) is 0 Å². The Morgan fingerprint density at radius 3 is 1.65 bits per heavy atom. The van der Waals surface area contributed by atoms with E-state index in [1.807, 2.05) is 13.8 Å². The number of hydrogen-bond acceptors (Lipinski definition) is 9. The Bertz CT molecular complexity index is 1300. The van der Waals surface area contributed by atoms with Crippen molar-refractivity contribution in [2.75, 3.05) is 7.11 Å². The van der Waals surface area contributed by atoms with Crippen molar-refractivity contribution < 1.29 is 33.4 Å². The summed E-state index contributed by atoms with van der Waals surface area (Å²) in [5.74, 6) is -2.75. The molecule has 0 saturated heterocycles. The second-order valence-corrected chi connectivity index (χ2v) is 12.8. The van der Waals surface area contributed by atoms with Crippen LogP contribution >= 0.6 is 0 Å². The lowest BCUT2D eigenvalue weighted by Gasteiger charge is -2.28. The topological polar surface area (TPSA) is 178 Å². The molecule has 4 N–H and O–H groups in total. The van der Waals surface area contributed by atoms with Crippen molar-refractivity contribution in [3.8, 4) is 0 Å². The minimum atomic E-state index is -1.11. The van der Waals surface area contributed by atoms with Crippen LogP contribution in [0.25, 0.3) is 0 Å². The van der Waals surface area contributed by atoms with E-state index in [0.29, 0.717) is 11.1 Å². The van der Waals surface area contributed by atoms with Crippen molar-refractivity contribution in [3.63, 3.8) is 0 Å². The minimum Gasteiger partial charge on any atom is -0.467 e. The molecule has 0 aliphatic rings. The predicted octanol–water partition coefficient (Wildman–Crippen LogP) is 2.48. The molecule has 2 rings (SSSR count). The van der Waals surface area contributed by atoms with Crippen LogP contribution in [0.1, 0.15) is 66.0 Å². The molecule has 0 unspecified atom stereocenters. The highest BCUT2D eigenvalue weighted by Crippen LogP contribution is 2.12. The predicted molar refractivity (Wildman–Crippen MR) is 171 cm³/mol. The summed E-state index contributed by atoms with van der Waals surface area (Å²) in [7, 11) is 1.23. The third-order valence-electron chi connectivity index (χ3n) is 6.73. The van der Waals surface area contributed by atoms with Crippen LogP contribution in [0.4, 0.5) is 4.79 Å². The Morgan fingerprint density at radius 2 is 1.22 bits per heavy atom. The summed E-state index contributed by atoms with van der Waals surface area (Å²) in [6.45, 7) is 12.4. The highest BCUT2D eigenvalue weighted by atomic mass is 16.6. The van der Waals surface area contributed by atoms with Crippen molar-refractivity contribution in [1.29, 1.82) is 0 Å². The molecule has 0 aliphatic carbocycles. The summed E-state index contributed by atoms with van der Waals surface area (Å²) >= 11 is 0. The van der Waals surface area contributed by atoms with Crippen molar-refractivity contribution >= 4 is 29.8 Å². The first-order valence-electron chi connectivity index (χ1n) is 15.4. The van der Waals surface area contributed by atoms with Crippen LogP contribution in [0.5, 0.6) is 0 Å². The van der Waals surface area contributed by atoms with E-state index < -0.39 is 59.6 Å². The van der Waals surface area contributed by atoms with Crippen molar-refractivity contribution in [3.05, 3.63) is 60.2 Å². The summed E-state index contributed by atoms with van der Waals surface area (Å²) in [5, 5.41) is 10.8. The average molecular weight is 641 g/mol. The Balaban J connectivity index is 2.34. The molecule has 252 valence electrons. The normalized spacial score (nSPS) is 14.0. The fraction of sp³-hybridized carbons (Fsp3) is 0.545. The van der Waals surface area contributed by atoms with Gasteiger partial charge in [0.2, 0.25) is 17.7 Å². The SMILES string of the molecule is COC(=O)[C@@H](NC(=O)[C@H](Cc1cccnc1)NC(=O)[C@H](CC(C)C)NC(=O)[C@H](Cc1cccnc1)NC(=O)OC(C)(C)C)C(C)C. The minimum absolute atomic E-state index is 0.0260. The zero-order valence-corrected chi connectivity index (χ0v) is 28.0. The van der Waals surface area contributed by atoms with Gasteiger partial charge >= 0.3 is 12.1 Å². The number of ether oxygens (including phenoxy) is 2. The maximum absolute atomic E-state index is 13.8. The molecule has 0 saturated carbocycles. The molecule has 2 aromatic rings. The van der Waals surface area contributed by atoms with Gasteiger partial charge < -0.3 is 30.7 Å². The van der Waals surface area contributed by atoms with Gasteiger partial charge in [-0.1, -0.05) is 39.8 Å². The number of pyridine rings is 2. The zero-order valence-electron chi connectivity index (χ0n) is 28.0. The Hall–Kier alpha value is -4.55. The highest BCUT2D eigenvalue weighted by Gasteiger charge is 2.33. The molecule has 4 atom stereocenters. The highest BCUT2D eigenvalue weighted by molar-refractivity contribution is 5.95. The molecule has 0 aliphatic heterocycles. The van der Waals surface area contributed by atoms with Gasteiger partial charge in [0.15, 0.2) is 0 Å². The fourth-order valence-corrected chi connectivity index (χ4v) is 4.50. The molecule has 2 aromatic heterocycles. The van der Waals surface area contributed by atoms with E-state index in [9.17, 15) is 24.0 Å². The number of amides is 4. The standard InChI is InChI=1S/C33H48N6O7/c1-20(2)15-24(36-29(41)26(17-23-12-10-14-35-19-23)38-32(44)46-33(5,6)7)28(40)37-25(16-22-11-9-13-34-18-22)30(42)39-27(21(3)4)31(43)45-8/h9-14,18-21,24-27H,15-17H2,1-8H3,(H,36,41)(H,37,40)(H,38,44)(H,39,42)/t24-,25-,26-,27-/m0/s1. The molecular weight excluding hydrogens is 592 g/mol. The van der Waals surface area contributed by atoms with E-state index in [1.54, 1.807) is 83.7 Å². The van der Waals surface area contributed by atoms with Crippen molar-refractivity contribution in [2.24, 2.45) is 11.8 Å². The molecule has 13 heteroatoms. The fourth-order valence-electron chi connectivity index (χ4n) is 4.50. The molecule has 0 aromatic carbocycles. The summed E-state index contributed by atoms with van der Waals surface area (Å²) < 4.78 is 10.2. The van der Waals surface area contributed by atoms with Crippen molar-refractivity contribution in [2.45, 2.75) is 97.5 Å². The van der Waals surface area contributed by atoms with Gasteiger partial charge in [0.05, 0.1) is 7.11 Å². The smallest absolute Gasteiger partial charge is 0.408 e. The third kappa shape index (κ3) is 13.2. The van der Waals surface area contributed by atoms with Crippen LogP contribution in [-0.2, 0) is 41.5 Å². The summed E-state index contributed by atoms with van der Waals surface area (Å²) in [4.78, 5) is 74.2. The lowest BCUT2D eigenvalue weighted by atomic mass is 9.99. The first-order valence-corrected chi connectivity index (χ1v) is 15.4. The molecule has 0 fully saturated rings. The van der Waals surface area contributed by atoms with Crippen LogP contribution in [0, 0.1) is 11.8 Å². The largest absolute Gasteiger partial charge is 0.467 e. The first kappa shape index (κ1) is 37.6. The third-order valence-corrected chi connectivity index (χ3v) is 6.73. The number of nitrogens with one attached hydrogen (secondary N) is 4. The lowest BCUT2D eigenvalue weighted by molar-refractivity contribution is -0.146. The van der Waals surface area contributed by atoms with E-state index in [-0.39, 0.29) is 31.1 Å². The molecule has 46 heavy (non-hydrogen) atoms. The van der Waals surface area contributed by atoms with Gasteiger partial charge in [-0.05, 0) is 62.3 Å². The second kappa shape index (κ2) is 17.8. The second-order valence-electron chi connectivity index (χ2n) is 12.8. The van der Waals surface area contributed by atoms with Gasteiger partial charge in [0.1, 0.15) is 29.8 Å². The first-order chi connectivity index (χ1) is 21.6. The van der Waals surface area contributed by atoms with E-state index in [1.165, 1.54) is 7.11 Å². The molecule has 0 spiro atoms. The average Bonchev–Trinajstić information content (AvgIpc) is 2.98. The number of carbonyl (C=O) groups is 5. The zero-order chi connectivity index (χ0) is 34.4. The molecule has 0 radical (unpaired) electrons. The Kier molecular flexibility index (Phi) is 14.6. The van der Waals surface area contributed by atoms with Gasteiger partial charge in [0.25, 0.3) is 0 Å². The number of nitrogens with zero attached hydrogens (tertiary/aromatic N) is 2. The molecule has 2 heterocycles. The van der Waals surface area contributed by atoms with Crippen molar-refractivity contribution in [1.82, 2.24) is 31.2 Å². The van der Waals surface area contributed by atoms with Gasteiger partial charge in [0, 0.05) is 37.6 Å². The van der Waals surface area contributed by atoms with Crippen LogP contribution in [-0.4, -0.2) is 76.6 Å². The number of rotatable bonds is 15. The maximum Gasteiger partial charge on any atom is 0.408 e. The number of esters is 1. The number of hydrogen-bond donors (Lipinski definition) is 4. The molecular formula is C33H48N6O7. The molecule has 4 amide bonds. The summed E-state index contributed by atoms with van der Waals surface area (Å²) in [6, 6.07) is 2.74. The number of aromatic nitrogens is 2. The quantitative estimate of drug-likeness (QED) is 0.213. The monoisotopic (exact) mass is 640 g/mol. The lowest BCUT2D eigenvalue weighted by Crippen LogP contribution is -2.59. The van der Waals surface area contributed by atoms with Gasteiger partial charge in [-0.3, -0.25) is 24.4 Å². The van der Waals surface area contributed by atoms with Crippen LogP contribution in [0.3, 0.4) is 0 Å². The van der Waals surface area contributed by atoms with Gasteiger partial charge in [-0.25, -0.2) is 9.59 Å². The molecule has 0 bridgehead atoms. The van der Waals surface area contributed by atoms with E-state index in [4.69, 9.17) is 9.47 Å². The number of carbonyl (C=O) groups excluding carboxylic acids is 5. The van der Waals surface area contributed by atoms with Crippen LogP contribution in [0.2, 0.25) is 0 Å². The maximum atomic E-state index is 13.8. The van der Waals surface area contributed by atoms with E-state index >= 15 is 0 Å². The van der Waals surface area contributed by atoms with Crippen LogP contribution < -0.4 is 21.3 Å². The van der Waals surface area contributed by atoms with Crippen LogP contribution in [0.15, 0.2) is 49.1 Å². The van der Waals surface area contributed by atoms with Gasteiger partial charge in [-0.2, -0.15) is 0 Å².